The van der Waals surface area contributed by atoms with E-state index in [1.54, 1.807) is 0 Å². The number of hydrogen-bond acceptors (Lipinski definition) is 6. The van der Waals surface area contributed by atoms with Crippen LogP contribution in [0.4, 0.5) is 10.1 Å². The number of anilines is 1. The van der Waals surface area contributed by atoms with Gasteiger partial charge in [-0.3, -0.25) is 0 Å². The fourth-order valence-electron chi connectivity index (χ4n) is 3.13. The predicted octanol–water partition coefficient (Wildman–Crippen LogP) is 4.33. The minimum atomic E-state index is -0.758. The molecule has 2 aromatic carbocycles. The van der Waals surface area contributed by atoms with E-state index < -0.39 is 11.6 Å². The van der Waals surface area contributed by atoms with Crippen molar-refractivity contribution in [3.05, 3.63) is 42.2 Å². The summed E-state index contributed by atoms with van der Waals surface area (Å²) in [6.45, 7) is 2.16. The van der Waals surface area contributed by atoms with Gasteiger partial charge in [-0.1, -0.05) is 12.1 Å². The molecule has 0 spiro atoms. The Morgan fingerprint density at radius 2 is 1.96 bits per heavy atom. The molecule has 0 atom stereocenters. The lowest BCUT2D eigenvalue weighted by atomic mass is 10.1. The molecule has 0 bridgehead atoms. The van der Waals surface area contributed by atoms with Crippen LogP contribution >= 0.6 is 11.5 Å². The molecule has 1 saturated heterocycles. The number of ether oxygens (including phenoxy) is 1. The highest BCUT2D eigenvalue weighted by atomic mass is 32.1. The Labute approximate surface area is 154 Å². The maximum absolute atomic E-state index is 13.9. The average molecular weight is 371 g/mol. The van der Waals surface area contributed by atoms with Crippen molar-refractivity contribution in [2.24, 2.45) is 0 Å². The van der Waals surface area contributed by atoms with Crippen molar-refractivity contribution >= 4 is 17.2 Å². The first-order valence-electron chi connectivity index (χ1n) is 8.41. The normalized spacial score (nSPS) is 14.0. The number of benzene rings is 2. The van der Waals surface area contributed by atoms with Gasteiger partial charge in [-0.15, -0.1) is 0 Å². The summed E-state index contributed by atoms with van der Waals surface area (Å²) in [6.07, 6.45) is 2.45. The highest BCUT2D eigenvalue weighted by Gasteiger charge is 2.17. The van der Waals surface area contributed by atoms with Crippen LogP contribution in [-0.4, -0.2) is 34.7 Å². The highest BCUT2D eigenvalue weighted by Crippen LogP contribution is 2.35. The zero-order valence-corrected chi connectivity index (χ0v) is 15.1. The molecular weight excluding hydrogens is 353 g/mol. The van der Waals surface area contributed by atoms with Gasteiger partial charge in [0, 0.05) is 29.9 Å². The lowest BCUT2D eigenvalue weighted by Gasteiger charge is -2.17. The van der Waals surface area contributed by atoms with Gasteiger partial charge in [0.25, 0.3) is 0 Å². The van der Waals surface area contributed by atoms with Crippen LogP contribution in [0.3, 0.4) is 0 Å². The van der Waals surface area contributed by atoms with Gasteiger partial charge in [0.15, 0.2) is 23.1 Å². The summed E-state index contributed by atoms with van der Waals surface area (Å²) < 4.78 is 23.2. The van der Waals surface area contributed by atoms with Crippen molar-refractivity contribution in [3.8, 4) is 33.5 Å². The minimum absolute atomic E-state index is 0.0624. The number of hydrogen-bond donors (Lipinski definition) is 1. The van der Waals surface area contributed by atoms with Crippen LogP contribution in [0.1, 0.15) is 12.8 Å². The van der Waals surface area contributed by atoms with Crippen molar-refractivity contribution < 1.29 is 14.2 Å². The van der Waals surface area contributed by atoms with Crippen LogP contribution in [0.2, 0.25) is 0 Å². The fraction of sp³-hybridized carbons (Fsp3) is 0.263. The third-order valence-corrected chi connectivity index (χ3v) is 5.26. The van der Waals surface area contributed by atoms with E-state index in [1.807, 2.05) is 12.1 Å². The smallest absolute Gasteiger partial charge is 0.194 e. The van der Waals surface area contributed by atoms with Crippen molar-refractivity contribution in [1.82, 2.24) is 9.36 Å². The maximum Gasteiger partial charge on any atom is 0.194 e. The number of aromatic hydroxyl groups is 1. The van der Waals surface area contributed by atoms with E-state index in [4.69, 9.17) is 4.74 Å². The second-order valence-corrected chi connectivity index (χ2v) is 6.93. The van der Waals surface area contributed by atoms with Gasteiger partial charge >= 0.3 is 0 Å². The Bertz CT molecular complexity index is 938. The predicted molar refractivity (Wildman–Crippen MR) is 100 cm³/mol. The lowest BCUT2D eigenvalue weighted by Crippen LogP contribution is -2.17. The Morgan fingerprint density at radius 3 is 2.73 bits per heavy atom. The third-order valence-electron chi connectivity index (χ3n) is 4.50. The first kappa shape index (κ1) is 16.8. The summed E-state index contributed by atoms with van der Waals surface area (Å²) in [5.41, 5.74) is 2.65. The molecule has 3 aromatic rings. The van der Waals surface area contributed by atoms with Crippen molar-refractivity contribution in [3.63, 3.8) is 0 Å². The summed E-state index contributed by atoms with van der Waals surface area (Å²) in [7, 11) is 1.38. The molecule has 0 saturated carbocycles. The van der Waals surface area contributed by atoms with Crippen LogP contribution in [-0.2, 0) is 0 Å². The SMILES string of the molecule is COc1cc(-c2nsc(-c3cccc(N4CCCC4)c3)n2)cc(F)c1O. The molecular formula is C19H18FN3O2S. The zero-order valence-electron chi connectivity index (χ0n) is 14.3. The molecule has 7 heteroatoms. The topological polar surface area (TPSA) is 58.5 Å². The molecule has 1 aliphatic heterocycles. The quantitative estimate of drug-likeness (QED) is 0.740. The summed E-state index contributed by atoms with van der Waals surface area (Å²) in [5, 5.41) is 10.4. The number of rotatable bonds is 4. The average Bonchev–Trinajstić information content (AvgIpc) is 3.36. The molecule has 5 nitrogen and oxygen atoms in total. The Morgan fingerprint density at radius 1 is 1.15 bits per heavy atom. The highest BCUT2D eigenvalue weighted by molar-refractivity contribution is 7.09. The Kier molecular flexibility index (Phi) is 4.46. The van der Waals surface area contributed by atoms with Gasteiger partial charge in [0.05, 0.1) is 7.11 Å². The van der Waals surface area contributed by atoms with Crippen molar-refractivity contribution in [2.45, 2.75) is 12.8 Å². The van der Waals surface area contributed by atoms with E-state index in [1.165, 1.54) is 49.3 Å². The molecule has 0 aliphatic carbocycles. The van der Waals surface area contributed by atoms with E-state index in [0.717, 1.165) is 23.7 Å². The Hall–Kier alpha value is -2.67. The molecule has 1 aromatic heterocycles. The van der Waals surface area contributed by atoms with Gasteiger partial charge < -0.3 is 14.7 Å². The van der Waals surface area contributed by atoms with E-state index >= 15 is 0 Å². The number of nitrogens with zero attached hydrogens (tertiary/aromatic N) is 3. The minimum Gasteiger partial charge on any atom is -0.502 e. The number of methoxy groups -OCH3 is 1. The van der Waals surface area contributed by atoms with E-state index in [2.05, 4.69) is 26.4 Å². The standard InChI is InChI=1S/C19H18FN3O2S/c1-25-16-11-13(10-15(20)17(16)24)18-21-19(26-22-18)12-5-4-6-14(9-12)23-7-2-3-8-23/h4-6,9-11,24H,2-3,7-8H2,1H3. The summed E-state index contributed by atoms with van der Waals surface area (Å²) in [5.74, 6) is -0.794. The van der Waals surface area contributed by atoms with Crippen molar-refractivity contribution in [2.75, 3.05) is 25.1 Å². The van der Waals surface area contributed by atoms with Crippen LogP contribution < -0.4 is 9.64 Å². The number of phenols is 1. The Balaban J connectivity index is 1.66. The first-order valence-corrected chi connectivity index (χ1v) is 9.19. The number of halogens is 1. The molecule has 26 heavy (non-hydrogen) atoms. The first-order chi connectivity index (χ1) is 12.7. The molecule has 4 rings (SSSR count). The van der Waals surface area contributed by atoms with Gasteiger partial charge in [-0.25, -0.2) is 9.37 Å². The summed E-state index contributed by atoms with van der Waals surface area (Å²) in [4.78, 5) is 6.92. The molecule has 1 N–H and O–H groups in total. The van der Waals surface area contributed by atoms with E-state index in [-0.39, 0.29) is 5.75 Å². The second-order valence-electron chi connectivity index (χ2n) is 6.18. The van der Waals surface area contributed by atoms with Gasteiger partial charge in [0.2, 0.25) is 0 Å². The summed E-state index contributed by atoms with van der Waals surface area (Å²) >= 11 is 1.27. The van der Waals surface area contributed by atoms with Crippen molar-refractivity contribution in [1.29, 1.82) is 0 Å². The number of aromatic nitrogens is 2. The van der Waals surface area contributed by atoms with E-state index in [0.29, 0.717) is 11.4 Å². The van der Waals surface area contributed by atoms with Gasteiger partial charge in [-0.2, -0.15) is 4.37 Å². The second kappa shape index (κ2) is 6.92. The maximum atomic E-state index is 13.9. The number of phenolic OH excluding ortho intramolecular Hbond substituents is 1. The molecule has 0 unspecified atom stereocenters. The molecule has 0 amide bonds. The molecule has 2 heterocycles. The summed E-state index contributed by atoms with van der Waals surface area (Å²) in [6, 6.07) is 11.0. The zero-order chi connectivity index (χ0) is 18.1. The fourth-order valence-corrected chi connectivity index (χ4v) is 3.81. The third kappa shape index (κ3) is 3.10. The lowest BCUT2D eigenvalue weighted by molar-refractivity contribution is 0.357. The van der Waals surface area contributed by atoms with Crippen LogP contribution in [0.25, 0.3) is 22.0 Å². The molecule has 0 radical (unpaired) electrons. The molecule has 134 valence electrons. The van der Waals surface area contributed by atoms with Crippen LogP contribution in [0, 0.1) is 5.82 Å². The van der Waals surface area contributed by atoms with Gasteiger partial charge in [-0.05, 0) is 48.6 Å². The molecule has 1 aliphatic rings. The largest absolute Gasteiger partial charge is 0.502 e. The monoisotopic (exact) mass is 371 g/mol. The van der Waals surface area contributed by atoms with Crippen LogP contribution in [0.15, 0.2) is 36.4 Å². The van der Waals surface area contributed by atoms with Crippen LogP contribution in [0.5, 0.6) is 11.5 Å². The van der Waals surface area contributed by atoms with Gasteiger partial charge in [0.1, 0.15) is 5.01 Å². The van der Waals surface area contributed by atoms with E-state index in [9.17, 15) is 9.50 Å². The molecule has 1 fully saturated rings.